The molecule has 1 aromatic heterocycles. The fraction of sp³-hybridized carbons (Fsp3) is 0.500. The second-order valence-corrected chi connectivity index (χ2v) is 7.74. The van der Waals surface area contributed by atoms with Gasteiger partial charge in [-0.3, -0.25) is 0 Å². The van der Waals surface area contributed by atoms with E-state index in [9.17, 15) is 0 Å². The van der Waals surface area contributed by atoms with E-state index in [1.165, 1.54) is 11.3 Å². The van der Waals surface area contributed by atoms with Crippen LogP contribution in [0.15, 0.2) is 18.2 Å². The van der Waals surface area contributed by atoms with Crippen LogP contribution in [0.1, 0.15) is 55.5 Å². The van der Waals surface area contributed by atoms with E-state index in [4.69, 9.17) is 21.3 Å². The number of aryl methyl sites for hydroxylation is 3. The summed E-state index contributed by atoms with van der Waals surface area (Å²) < 4.78 is 6.37. The molecule has 140 valence electrons. The summed E-state index contributed by atoms with van der Waals surface area (Å²) >= 11 is 6.17. The standard InChI is InChI=1S/C22H29ClN2O/c1-6-18(7-2)25-10-8-9-19-20(25)13-16(5)24-22(19)26-21-14(3)11-17(23)12-15(21)4/h11-13,18H,6-10H2,1-5H3. The highest BCUT2D eigenvalue weighted by Gasteiger charge is 2.26. The predicted molar refractivity (Wildman–Crippen MR) is 110 cm³/mol. The largest absolute Gasteiger partial charge is 0.438 e. The lowest BCUT2D eigenvalue weighted by Gasteiger charge is -2.38. The third-order valence-electron chi connectivity index (χ3n) is 5.33. The van der Waals surface area contributed by atoms with Crippen molar-refractivity contribution in [3.05, 3.63) is 45.6 Å². The molecular formula is C22H29ClN2O. The molecule has 0 fully saturated rings. The van der Waals surface area contributed by atoms with Gasteiger partial charge in [0.05, 0.1) is 0 Å². The fourth-order valence-corrected chi connectivity index (χ4v) is 4.37. The van der Waals surface area contributed by atoms with Gasteiger partial charge in [0.25, 0.3) is 0 Å². The van der Waals surface area contributed by atoms with Gasteiger partial charge < -0.3 is 9.64 Å². The topological polar surface area (TPSA) is 25.4 Å². The van der Waals surface area contributed by atoms with Gasteiger partial charge in [0, 0.05) is 34.6 Å². The van der Waals surface area contributed by atoms with Crippen LogP contribution in [0, 0.1) is 20.8 Å². The van der Waals surface area contributed by atoms with E-state index < -0.39 is 0 Å². The summed E-state index contributed by atoms with van der Waals surface area (Å²) in [4.78, 5) is 7.31. The zero-order valence-electron chi connectivity index (χ0n) is 16.5. The number of rotatable bonds is 5. The zero-order valence-corrected chi connectivity index (χ0v) is 17.3. The van der Waals surface area contributed by atoms with Crippen molar-refractivity contribution in [2.75, 3.05) is 11.4 Å². The van der Waals surface area contributed by atoms with Gasteiger partial charge in [-0.2, -0.15) is 0 Å². The van der Waals surface area contributed by atoms with Crippen molar-refractivity contribution in [3.8, 4) is 11.6 Å². The Kier molecular flexibility index (Phi) is 5.76. The maximum absolute atomic E-state index is 6.37. The summed E-state index contributed by atoms with van der Waals surface area (Å²) in [7, 11) is 0. The van der Waals surface area contributed by atoms with Crippen molar-refractivity contribution in [2.45, 2.75) is 66.3 Å². The molecule has 3 nitrogen and oxygen atoms in total. The van der Waals surface area contributed by atoms with Crippen LogP contribution in [0.2, 0.25) is 5.02 Å². The monoisotopic (exact) mass is 372 g/mol. The van der Waals surface area contributed by atoms with E-state index in [0.29, 0.717) is 6.04 Å². The van der Waals surface area contributed by atoms with Crippen LogP contribution in [-0.2, 0) is 6.42 Å². The SMILES string of the molecule is CCC(CC)N1CCCc2c1cc(C)nc2Oc1c(C)cc(Cl)cc1C. The van der Waals surface area contributed by atoms with Gasteiger partial charge in [0.15, 0.2) is 0 Å². The number of pyridine rings is 1. The van der Waals surface area contributed by atoms with E-state index in [1.807, 2.05) is 32.9 Å². The Morgan fingerprint density at radius 1 is 1.12 bits per heavy atom. The number of hydrogen-bond acceptors (Lipinski definition) is 3. The summed E-state index contributed by atoms with van der Waals surface area (Å²) in [6.45, 7) is 11.8. The van der Waals surface area contributed by atoms with Gasteiger partial charge in [-0.1, -0.05) is 25.4 Å². The van der Waals surface area contributed by atoms with Gasteiger partial charge in [-0.25, -0.2) is 4.98 Å². The number of halogens is 1. The van der Waals surface area contributed by atoms with Crippen LogP contribution >= 0.6 is 11.6 Å². The maximum atomic E-state index is 6.37. The summed E-state index contributed by atoms with van der Waals surface area (Å²) in [5.41, 5.74) is 5.62. The third kappa shape index (κ3) is 3.68. The van der Waals surface area contributed by atoms with Crippen molar-refractivity contribution < 1.29 is 4.74 Å². The number of hydrogen-bond donors (Lipinski definition) is 0. The van der Waals surface area contributed by atoms with Gasteiger partial charge in [-0.15, -0.1) is 0 Å². The fourth-order valence-electron chi connectivity index (χ4n) is 4.04. The smallest absolute Gasteiger partial charge is 0.224 e. The normalized spacial score (nSPS) is 13.9. The zero-order chi connectivity index (χ0) is 18.8. The molecule has 4 heteroatoms. The molecule has 0 N–H and O–H groups in total. The molecule has 3 rings (SSSR count). The molecular weight excluding hydrogens is 344 g/mol. The summed E-state index contributed by atoms with van der Waals surface area (Å²) in [5, 5.41) is 0.742. The molecule has 1 aliphatic heterocycles. The number of benzene rings is 1. The first-order chi connectivity index (χ1) is 12.4. The highest BCUT2D eigenvalue weighted by Crippen LogP contribution is 2.39. The van der Waals surface area contributed by atoms with Crippen LogP contribution in [-0.4, -0.2) is 17.6 Å². The minimum Gasteiger partial charge on any atom is -0.438 e. The molecule has 1 aromatic carbocycles. The molecule has 2 aromatic rings. The summed E-state index contributed by atoms with van der Waals surface area (Å²) in [6, 6.07) is 6.69. The van der Waals surface area contributed by atoms with Gasteiger partial charge in [-0.05, 0) is 75.8 Å². The second kappa shape index (κ2) is 7.87. The Hall–Kier alpha value is -1.74. The van der Waals surface area contributed by atoms with Gasteiger partial charge in [0.1, 0.15) is 5.75 Å². The van der Waals surface area contributed by atoms with Crippen molar-refractivity contribution >= 4 is 17.3 Å². The molecule has 0 amide bonds. The molecule has 0 spiro atoms. The van der Waals surface area contributed by atoms with E-state index >= 15 is 0 Å². The minimum absolute atomic E-state index is 0.572. The molecule has 0 aliphatic carbocycles. The Morgan fingerprint density at radius 3 is 2.38 bits per heavy atom. The van der Waals surface area contributed by atoms with Crippen molar-refractivity contribution in [3.63, 3.8) is 0 Å². The molecule has 26 heavy (non-hydrogen) atoms. The van der Waals surface area contributed by atoms with Crippen LogP contribution in [0.25, 0.3) is 0 Å². The lowest BCUT2D eigenvalue weighted by molar-refractivity contribution is 0.441. The lowest BCUT2D eigenvalue weighted by Crippen LogP contribution is -2.38. The van der Waals surface area contributed by atoms with E-state index in [1.54, 1.807) is 0 Å². The Morgan fingerprint density at radius 2 is 1.77 bits per heavy atom. The molecule has 0 atom stereocenters. The average molecular weight is 373 g/mol. The first kappa shape index (κ1) is 19.0. The van der Waals surface area contributed by atoms with Crippen LogP contribution in [0.3, 0.4) is 0 Å². The molecule has 1 aliphatic rings. The number of ether oxygens (including phenoxy) is 1. The summed E-state index contributed by atoms with van der Waals surface area (Å²) in [5.74, 6) is 1.62. The molecule has 0 unspecified atom stereocenters. The highest BCUT2D eigenvalue weighted by molar-refractivity contribution is 6.30. The molecule has 0 saturated carbocycles. The molecule has 0 saturated heterocycles. The van der Waals surface area contributed by atoms with Crippen molar-refractivity contribution in [2.24, 2.45) is 0 Å². The molecule has 2 heterocycles. The number of aromatic nitrogens is 1. The minimum atomic E-state index is 0.572. The molecule has 0 bridgehead atoms. The Labute approximate surface area is 162 Å². The first-order valence-corrected chi connectivity index (χ1v) is 10.0. The van der Waals surface area contributed by atoms with Crippen LogP contribution in [0.5, 0.6) is 11.6 Å². The first-order valence-electron chi connectivity index (χ1n) is 9.66. The van der Waals surface area contributed by atoms with Crippen LogP contribution in [0.4, 0.5) is 5.69 Å². The van der Waals surface area contributed by atoms with E-state index in [-0.39, 0.29) is 0 Å². The Balaban J connectivity index is 2.05. The number of fused-ring (bicyclic) bond motifs is 1. The highest BCUT2D eigenvalue weighted by atomic mass is 35.5. The number of nitrogens with zero attached hydrogens (tertiary/aromatic N) is 2. The van der Waals surface area contributed by atoms with E-state index in [2.05, 4.69) is 24.8 Å². The van der Waals surface area contributed by atoms with Crippen LogP contribution < -0.4 is 9.64 Å². The lowest BCUT2D eigenvalue weighted by atomic mass is 9.98. The molecule has 0 radical (unpaired) electrons. The Bertz CT molecular complexity index is 776. The predicted octanol–water partition coefficient (Wildman–Crippen LogP) is 6.39. The van der Waals surface area contributed by atoms with Gasteiger partial charge in [0.2, 0.25) is 5.88 Å². The maximum Gasteiger partial charge on any atom is 0.224 e. The van der Waals surface area contributed by atoms with Crippen molar-refractivity contribution in [1.82, 2.24) is 4.98 Å². The number of anilines is 1. The van der Waals surface area contributed by atoms with E-state index in [0.717, 1.165) is 65.7 Å². The summed E-state index contributed by atoms with van der Waals surface area (Å²) in [6.07, 6.45) is 4.47. The average Bonchev–Trinajstić information content (AvgIpc) is 2.59. The van der Waals surface area contributed by atoms with Gasteiger partial charge >= 0.3 is 0 Å². The quantitative estimate of drug-likeness (QED) is 0.607. The third-order valence-corrected chi connectivity index (χ3v) is 5.55. The van der Waals surface area contributed by atoms with Crippen molar-refractivity contribution in [1.29, 1.82) is 0 Å². The second-order valence-electron chi connectivity index (χ2n) is 7.30.